The average molecular weight is 383 g/mol. The zero-order valence-electron chi connectivity index (χ0n) is 16.4. The highest BCUT2D eigenvalue weighted by atomic mass is 16.3. The first-order chi connectivity index (χ1) is 13.4. The van der Waals surface area contributed by atoms with Gasteiger partial charge in [0.1, 0.15) is 12.6 Å². The van der Waals surface area contributed by atoms with Crippen LogP contribution < -0.4 is 0 Å². The standard InChI is InChI=1S/C19H25N7O2/c1-13-9-14(2)26(21-13)12-18(27)24-7-4-8-25-15(11-24)10-16(22-25)19(28)17-5-6-20-23(17)3/h5-6,9-10,19,28H,4,7-8,11-12H2,1-3H3/t19-/m0/s1. The minimum absolute atomic E-state index is 0.0367. The van der Waals surface area contributed by atoms with Gasteiger partial charge in [-0.05, 0) is 38.5 Å². The van der Waals surface area contributed by atoms with Gasteiger partial charge in [-0.3, -0.25) is 18.8 Å². The molecule has 3 aromatic rings. The maximum absolute atomic E-state index is 12.8. The van der Waals surface area contributed by atoms with E-state index < -0.39 is 6.10 Å². The van der Waals surface area contributed by atoms with Crippen LogP contribution in [0.15, 0.2) is 24.4 Å². The van der Waals surface area contributed by atoms with E-state index in [9.17, 15) is 9.90 Å². The van der Waals surface area contributed by atoms with Gasteiger partial charge in [0.25, 0.3) is 0 Å². The molecule has 4 heterocycles. The molecule has 1 amide bonds. The van der Waals surface area contributed by atoms with Crippen molar-refractivity contribution in [3.8, 4) is 0 Å². The van der Waals surface area contributed by atoms with Crippen LogP contribution in [0.25, 0.3) is 0 Å². The number of nitrogens with zero attached hydrogens (tertiary/aromatic N) is 7. The summed E-state index contributed by atoms with van der Waals surface area (Å²) in [5, 5.41) is 23.7. The molecule has 1 atom stereocenters. The third-order valence-electron chi connectivity index (χ3n) is 5.19. The molecule has 9 nitrogen and oxygen atoms in total. The predicted molar refractivity (Wildman–Crippen MR) is 101 cm³/mol. The van der Waals surface area contributed by atoms with Crippen molar-refractivity contribution in [2.75, 3.05) is 6.54 Å². The molecule has 4 rings (SSSR count). The molecule has 28 heavy (non-hydrogen) atoms. The van der Waals surface area contributed by atoms with Gasteiger partial charge in [-0.15, -0.1) is 0 Å². The quantitative estimate of drug-likeness (QED) is 0.724. The summed E-state index contributed by atoms with van der Waals surface area (Å²) >= 11 is 0. The molecule has 0 fully saturated rings. The Morgan fingerprint density at radius 3 is 2.75 bits per heavy atom. The number of carbonyl (C=O) groups is 1. The third-order valence-corrected chi connectivity index (χ3v) is 5.19. The largest absolute Gasteiger partial charge is 0.380 e. The van der Waals surface area contributed by atoms with Crippen LogP contribution in [0.3, 0.4) is 0 Å². The Bertz CT molecular complexity index is 1000. The van der Waals surface area contributed by atoms with Crippen LogP contribution in [0.2, 0.25) is 0 Å². The fraction of sp³-hybridized carbons (Fsp3) is 0.474. The smallest absolute Gasteiger partial charge is 0.244 e. The first-order valence-electron chi connectivity index (χ1n) is 9.44. The molecule has 1 aliphatic rings. The Hall–Kier alpha value is -2.94. The number of aryl methyl sites for hydroxylation is 4. The molecule has 3 aromatic heterocycles. The van der Waals surface area contributed by atoms with E-state index in [1.54, 1.807) is 28.7 Å². The molecule has 0 saturated carbocycles. The highest BCUT2D eigenvalue weighted by Gasteiger charge is 2.24. The zero-order valence-corrected chi connectivity index (χ0v) is 16.4. The van der Waals surface area contributed by atoms with Crippen LogP contribution in [0, 0.1) is 13.8 Å². The van der Waals surface area contributed by atoms with Gasteiger partial charge in [0.05, 0.1) is 29.3 Å². The lowest BCUT2D eigenvalue weighted by molar-refractivity contribution is -0.132. The highest BCUT2D eigenvalue weighted by Crippen LogP contribution is 2.23. The zero-order chi connectivity index (χ0) is 19.8. The number of carbonyl (C=O) groups excluding carboxylic acids is 1. The summed E-state index contributed by atoms with van der Waals surface area (Å²) in [5.41, 5.74) is 4.08. The van der Waals surface area contributed by atoms with Gasteiger partial charge in [-0.2, -0.15) is 15.3 Å². The summed E-state index contributed by atoms with van der Waals surface area (Å²) < 4.78 is 5.28. The van der Waals surface area contributed by atoms with Gasteiger partial charge in [-0.1, -0.05) is 0 Å². The average Bonchev–Trinajstić information content (AvgIpc) is 3.30. The van der Waals surface area contributed by atoms with Gasteiger partial charge < -0.3 is 10.0 Å². The molecule has 0 bridgehead atoms. The van der Waals surface area contributed by atoms with Gasteiger partial charge in [0.2, 0.25) is 5.91 Å². The molecular formula is C19H25N7O2. The summed E-state index contributed by atoms with van der Waals surface area (Å²) in [6.45, 7) is 5.99. The SMILES string of the molecule is Cc1cc(C)n(CC(=O)N2CCCn3nc([C@H](O)c4ccnn4C)cc3C2)n1. The van der Waals surface area contributed by atoms with Gasteiger partial charge in [0.15, 0.2) is 0 Å². The van der Waals surface area contributed by atoms with Crippen molar-refractivity contribution in [3.05, 3.63) is 52.9 Å². The fourth-order valence-electron chi connectivity index (χ4n) is 3.70. The fourth-order valence-corrected chi connectivity index (χ4v) is 3.70. The van der Waals surface area contributed by atoms with Gasteiger partial charge in [-0.25, -0.2) is 0 Å². The number of hydrogen-bond donors (Lipinski definition) is 1. The van der Waals surface area contributed by atoms with Crippen molar-refractivity contribution >= 4 is 5.91 Å². The number of amides is 1. The summed E-state index contributed by atoms with van der Waals surface area (Å²) in [6, 6.07) is 5.63. The van der Waals surface area contributed by atoms with Gasteiger partial charge in [0, 0.05) is 32.0 Å². The van der Waals surface area contributed by atoms with E-state index in [2.05, 4.69) is 15.3 Å². The topological polar surface area (TPSA) is 94.0 Å². The van der Waals surface area contributed by atoms with Crippen molar-refractivity contribution in [2.45, 2.75) is 46.0 Å². The molecule has 1 N–H and O–H groups in total. The van der Waals surface area contributed by atoms with E-state index in [0.29, 0.717) is 24.5 Å². The second-order valence-corrected chi connectivity index (χ2v) is 7.32. The second-order valence-electron chi connectivity index (χ2n) is 7.32. The van der Waals surface area contributed by atoms with E-state index in [0.717, 1.165) is 30.0 Å². The Labute approximate surface area is 163 Å². The number of aliphatic hydroxyl groups excluding tert-OH is 1. The molecule has 1 aliphatic heterocycles. The Morgan fingerprint density at radius 1 is 1.25 bits per heavy atom. The van der Waals surface area contributed by atoms with Crippen LogP contribution in [-0.2, 0) is 31.5 Å². The molecule has 0 unspecified atom stereocenters. The maximum Gasteiger partial charge on any atom is 0.244 e. The lowest BCUT2D eigenvalue weighted by Gasteiger charge is -2.20. The molecular weight excluding hydrogens is 358 g/mol. The lowest BCUT2D eigenvalue weighted by Crippen LogP contribution is -2.34. The van der Waals surface area contributed by atoms with Crippen molar-refractivity contribution in [3.63, 3.8) is 0 Å². The summed E-state index contributed by atoms with van der Waals surface area (Å²) in [6.07, 6.45) is 1.63. The van der Waals surface area contributed by atoms with Crippen molar-refractivity contribution in [1.82, 2.24) is 34.2 Å². The maximum atomic E-state index is 12.8. The molecule has 0 saturated heterocycles. The minimum atomic E-state index is -0.842. The molecule has 0 spiro atoms. The van der Waals surface area contributed by atoms with E-state index in [4.69, 9.17) is 0 Å². The van der Waals surface area contributed by atoms with Crippen molar-refractivity contribution < 1.29 is 9.90 Å². The number of aromatic nitrogens is 6. The van der Waals surface area contributed by atoms with E-state index in [-0.39, 0.29) is 12.5 Å². The summed E-state index contributed by atoms with van der Waals surface area (Å²) in [4.78, 5) is 14.7. The molecule has 9 heteroatoms. The Kier molecular flexibility index (Phi) is 4.76. The lowest BCUT2D eigenvalue weighted by atomic mass is 10.2. The number of aliphatic hydroxyl groups is 1. The molecule has 148 valence electrons. The van der Waals surface area contributed by atoms with Crippen LogP contribution in [-0.4, -0.2) is 51.8 Å². The van der Waals surface area contributed by atoms with E-state index in [1.807, 2.05) is 35.6 Å². The summed E-state index contributed by atoms with van der Waals surface area (Å²) in [7, 11) is 1.79. The second kappa shape index (κ2) is 7.23. The third kappa shape index (κ3) is 3.45. The Morgan fingerprint density at radius 2 is 2.07 bits per heavy atom. The van der Waals surface area contributed by atoms with Crippen molar-refractivity contribution in [1.29, 1.82) is 0 Å². The van der Waals surface area contributed by atoms with Crippen LogP contribution in [0.5, 0.6) is 0 Å². The van der Waals surface area contributed by atoms with E-state index >= 15 is 0 Å². The van der Waals surface area contributed by atoms with E-state index in [1.165, 1.54) is 0 Å². The first kappa shape index (κ1) is 18.4. The minimum Gasteiger partial charge on any atom is -0.380 e. The first-order valence-corrected chi connectivity index (χ1v) is 9.44. The molecule has 0 aliphatic carbocycles. The number of hydrogen-bond acceptors (Lipinski definition) is 5. The molecule has 0 radical (unpaired) electrons. The van der Waals surface area contributed by atoms with Crippen LogP contribution in [0.1, 0.15) is 41.0 Å². The van der Waals surface area contributed by atoms with Crippen LogP contribution >= 0.6 is 0 Å². The monoisotopic (exact) mass is 383 g/mol. The molecule has 0 aromatic carbocycles. The van der Waals surface area contributed by atoms with Crippen molar-refractivity contribution in [2.24, 2.45) is 7.05 Å². The van der Waals surface area contributed by atoms with Crippen LogP contribution in [0.4, 0.5) is 0 Å². The number of fused-ring (bicyclic) bond motifs is 1. The summed E-state index contributed by atoms with van der Waals surface area (Å²) in [5.74, 6) is 0.0367. The highest BCUT2D eigenvalue weighted by molar-refractivity contribution is 5.76. The van der Waals surface area contributed by atoms with Gasteiger partial charge >= 0.3 is 0 Å². The Balaban J connectivity index is 1.52. The normalized spacial score (nSPS) is 15.4. The predicted octanol–water partition coefficient (Wildman–Crippen LogP) is 0.944. The number of rotatable bonds is 4.